The summed E-state index contributed by atoms with van der Waals surface area (Å²) >= 11 is 0. The second-order valence-corrected chi connectivity index (χ2v) is 6.98. The van der Waals surface area contributed by atoms with Crippen molar-refractivity contribution in [3.8, 4) is 0 Å². The smallest absolute Gasteiger partial charge is 0.257 e. The van der Waals surface area contributed by atoms with Gasteiger partial charge in [0.2, 0.25) is 11.8 Å². The van der Waals surface area contributed by atoms with E-state index < -0.39 is 0 Å². The zero-order valence-electron chi connectivity index (χ0n) is 14.7. The van der Waals surface area contributed by atoms with Gasteiger partial charge in [0.05, 0.1) is 11.5 Å². The fourth-order valence-electron chi connectivity index (χ4n) is 3.49. The number of nitrogens with zero attached hydrogens (tertiary/aromatic N) is 5. The molecule has 2 fully saturated rings. The average molecular weight is 341 g/mol. The number of likely N-dealkylation sites (tertiary alicyclic amines) is 1. The van der Waals surface area contributed by atoms with Crippen molar-refractivity contribution in [3.63, 3.8) is 0 Å². The number of amides is 1. The predicted octanol–water partition coefficient (Wildman–Crippen LogP) is 2.71. The Bertz CT molecular complexity index is 753. The molecule has 4 rings (SSSR count). The van der Waals surface area contributed by atoms with Crippen LogP contribution < -0.4 is 0 Å². The first kappa shape index (κ1) is 16.2. The van der Waals surface area contributed by atoms with Gasteiger partial charge >= 0.3 is 0 Å². The van der Waals surface area contributed by atoms with Crippen molar-refractivity contribution in [2.24, 2.45) is 0 Å². The zero-order chi connectivity index (χ0) is 17.4. The van der Waals surface area contributed by atoms with Crippen molar-refractivity contribution in [1.29, 1.82) is 0 Å². The van der Waals surface area contributed by atoms with Gasteiger partial charge in [0.25, 0.3) is 5.91 Å². The van der Waals surface area contributed by atoms with Crippen molar-refractivity contribution in [3.05, 3.63) is 35.6 Å². The standard InChI is InChI=1S/C18H23N5O2/c1-3-15-21-22-17(25-15)14-5-4-8-23(11(14)2)18(24)13-9-19-16(20-10-13)12-6-7-12/h9-12,14H,3-8H2,1-2H3/t11-,14-/m0/s1. The number of carbonyl (C=O) groups excluding carboxylic acids is 1. The van der Waals surface area contributed by atoms with E-state index in [1.54, 1.807) is 12.4 Å². The number of aromatic nitrogens is 4. The maximum absolute atomic E-state index is 12.9. The summed E-state index contributed by atoms with van der Waals surface area (Å²) in [7, 11) is 0. The minimum absolute atomic E-state index is 0.00881. The van der Waals surface area contributed by atoms with E-state index in [4.69, 9.17) is 4.42 Å². The first-order chi connectivity index (χ1) is 12.2. The second kappa shape index (κ2) is 6.54. The molecule has 0 spiro atoms. The molecule has 1 saturated carbocycles. The number of piperidine rings is 1. The fraction of sp³-hybridized carbons (Fsp3) is 0.611. The monoisotopic (exact) mass is 341 g/mol. The van der Waals surface area contributed by atoms with Gasteiger partial charge in [0, 0.05) is 37.3 Å². The third kappa shape index (κ3) is 3.15. The van der Waals surface area contributed by atoms with Gasteiger partial charge in [0.15, 0.2) is 0 Å². The lowest BCUT2D eigenvalue weighted by Gasteiger charge is -2.37. The number of rotatable bonds is 4. The van der Waals surface area contributed by atoms with E-state index >= 15 is 0 Å². The maximum Gasteiger partial charge on any atom is 0.257 e. The summed E-state index contributed by atoms with van der Waals surface area (Å²) in [5, 5.41) is 8.25. The molecule has 1 aliphatic carbocycles. The molecule has 7 nitrogen and oxygen atoms in total. The predicted molar refractivity (Wildman–Crippen MR) is 90.2 cm³/mol. The number of aryl methyl sites for hydroxylation is 1. The van der Waals surface area contributed by atoms with Crippen molar-refractivity contribution < 1.29 is 9.21 Å². The average Bonchev–Trinajstić information content (AvgIpc) is 3.39. The summed E-state index contributed by atoms with van der Waals surface area (Å²) < 4.78 is 5.74. The Hall–Kier alpha value is -2.31. The van der Waals surface area contributed by atoms with Crippen LogP contribution >= 0.6 is 0 Å². The van der Waals surface area contributed by atoms with Gasteiger partial charge in [-0.1, -0.05) is 6.92 Å². The van der Waals surface area contributed by atoms with E-state index in [0.717, 1.165) is 44.5 Å². The maximum atomic E-state index is 12.9. The van der Waals surface area contributed by atoms with Crippen LogP contribution in [0.3, 0.4) is 0 Å². The highest BCUT2D eigenvalue weighted by atomic mass is 16.4. The van der Waals surface area contributed by atoms with Crippen molar-refractivity contribution in [2.45, 2.75) is 63.8 Å². The lowest BCUT2D eigenvalue weighted by Crippen LogP contribution is -2.46. The Balaban J connectivity index is 1.51. The molecular formula is C18H23N5O2. The van der Waals surface area contributed by atoms with Gasteiger partial charge in [-0.15, -0.1) is 10.2 Å². The van der Waals surface area contributed by atoms with E-state index in [1.165, 1.54) is 0 Å². The molecule has 0 bridgehead atoms. The van der Waals surface area contributed by atoms with Gasteiger partial charge in [-0.05, 0) is 32.6 Å². The molecule has 2 aromatic rings. The number of hydrogen-bond acceptors (Lipinski definition) is 6. The normalized spacial score (nSPS) is 23.7. The summed E-state index contributed by atoms with van der Waals surface area (Å²) in [5.74, 6) is 2.70. The molecule has 0 aromatic carbocycles. The first-order valence-electron chi connectivity index (χ1n) is 9.12. The fourth-order valence-corrected chi connectivity index (χ4v) is 3.49. The van der Waals surface area contributed by atoms with E-state index in [1.807, 2.05) is 11.8 Å². The van der Waals surface area contributed by atoms with Crippen LogP contribution in [-0.4, -0.2) is 43.6 Å². The van der Waals surface area contributed by atoms with Gasteiger partial charge in [-0.25, -0.2) is 9.97 Å². The molecule has 2 atom stereocenters. The highest BCUT2D eigenvalue weighted by Gasteiger charge is 2.36. The number of hydrogen-bond donors (Lipinski definition) is 0. The Labute approximate surface area is 146 Å². The molecule has 0 N–H and O–H groups in total. The minimum Gasteiger partial charge on any atom is -0.425 e. The van der Waals surface area contributed by atoms with Crippen LogP contribution in [0.5, 0.6) is 0 Å². The quantitative estimate of drug-likeness (QED) is 0.850. The first-order valence-corrected chi connectivity index (χ1v) is 9.12. The van der Waals surface area contributed by atoms with E-state index in [2.05, 4.69) is 27.1 Å². The summed E-state index contributed by atoms with van der Waals surface area (Å²) in [6, 6.07) is 0.00881. The van der Waals surface area contributed by atoms with Gasteiger partial charge in [-0.2, -0.15) is 0 Å². The van der Waals surface area contributed by atoms with Gasteiger partial charge in [0.1, 0.15) is 5.82 Å². The molecule has 1 amide bonds. The summed E-state index contributed by atoms with van der Waals surface area (Å²) in [5.41, 5.74) is 0.552. The van der Waals surface area contributed by atoms with Gasteiger partial charge in [-0.3, -0.25) is 4.79 Å². The third-order valence-electron chi connectivity index (χ3n) is 5.21. The van der Waals surface area contributed by atoms with Gasteiger partial charge < -0.3 is 9.32 Å². The highest BCUT2D eigenvalue weighted by molar-refractivity contribution is 5.94. The Morgan fingerprint density at radius 1 is 1.24 bits per heavy atom. The molecule has 1 saturated heterocycles. The molecular weight excluding hydrogens is 318 g/mol. The highest BCUT2D eigenvalue weighted by Crippen LogP contribution is 2.37. The SMILES string of the molecule is CCc1nnc([C@H]2CCCN(C(=O)c3cnc(C4CC4)nc3)[C@H]2C)o1. The van der Waals surface area contributed by atoms with Crippen LogP contribution in [0.1, 0.15) is 79.3 Å². The zero-order valence-corrected chi connectivity index (χ0v) is 14.7. The molecule has 132 valence electrons. The Morgan fingerprint density at radius 3 is 2.64 bits per heavy atom. The largest absolute Gasteiger partial charge is 0.425 e. The van der Waals surface area contributed by atoms with Crippen molar-refractivity contribution in [1.82, 2.24) is 25.1 Å². The molecule has 1 aliphatic heterocycles. The van der Waals surface area contributed by atoms with Crippen LogP contribution in [0.25, 0.3) is 0 Å². The van der Waals surface area contributed by atoms with E-state index in [0.29, 0.717) is 23.3 Å². The lowest BCUT2D eigenvalue weighted by molar-refractivity contribution is 0.0581. The molecule has 7 heteroatoms. The van der Waals surface area contributed by atoms with Crippen LogP contribution in [0.2, 0.25) is 0 Å². The molecule has 0 radical (unpaired) electrons. The lowest BCUT2D eigenvalue weighted by atomic mass is 9.89. The molecule has 2 aromatic heterocycles. The molecule has 3 heterocycles. The van der Waals surface area contributed by atoms with E-state index in [9.17, 15) is 4.79 Å². The van der Waals surface area contributed by atoms with Crippen molar-refractivity contribution in [2.75, 3.05) is 6.54 Å². The van der Waals surface area contributed by atoms with Crippen LogP contribution in [0.4, 0.5) is 0 Å². The summed E-state index contributed by atoms with van der Waals surface area (Å²) in [6.45, 7) is 4.77. The summed E-state index contributed by atoms with van der Waals surface area (Å²) in [4.78, 5) is 23.6. The van der Waals surface area contributed by atoms with Crippen LogP contribution in [-0.2, 0) is 6.42 Å². The Kier molecular flexibility index (Phi) is 4.23. The second-order valence-electron chi connectivity index (χ2n) is 6.98. The summed E-state index contributed by atoms with van der Waals surface area (Å²) in [6.07, 6.45) is 8.24. The topological polar surface area (TPSA) is 85.0 Å². The molecule has 2 aliphatic rings. The molecule has 25 heavy (non-hydrogen) atoms. The Morgan fingerprint density at radius 2 is 2.00 bits per heavy atom. The molecule has 0 unspecified atom stereocenters. The van der Waals surface area contributed by atoms with Crippen LogP contribution in [0, 0.1) is 0 Å². The third-order valence-corrected chi connectivity index (χ3v) is 5.21. The van der Waals surface area contributed by atoms with Crippen LogP contribution in [0.15, 0.2) is 16.8 Å². The number of carbonyl (C=O) groups is 1. The van der Waals surface area contributed by atoms with Crippen molar-refractivity contribution >= 4 is 5.91 Å². The van der Waals surface area contributed by atoms with E-state index in [-0.39, 0.29) is 17.9 Å². The minimum atomic E-state index is -0.0187.